The molecule has 3 aliphatic rings. The zero-order valence-corrected chi connectivity index (χ0v) is 20.1. The minimum Gasteiger partial charge on any atom is -0.492 e. The van der Waals surface area contributed by atoms with Gasteiger partial charge in [-0.25, -0.2) is 13.2 Å². The maximum Gasteiger partial charge on any atom is 0.341 e. The van der Waals surface area contributed by atoms with Crippen LogP contribution in [0.15, 0.2) is 41.3 Å². The molecule has 0 unspecified atom stereocenters. The van der Waals surface area contributed by atoms with Gasteiger partial charge >= 0.3 is 5.97 Å². The summed E-state index contributed by atoms with van der Waals surface area (Å²) in [5, 5.41) is 13.2. The molecule has 3 atom stereocenters. The number of fused-ring (bicyclic) bond motifs is 3. The molecule has 0 bridgehead atoms. The number of nitrogens with one attached hydrogen (secondary N) is 2. The molecule has 0 aromatic heterocycles. The van der Waals surface area contributed by atoms with E-state index in [2.05, 4.69) is 21.9 Å². The molecule has 34 heavy (non-hydrogen) atoms. The SMILES string of the molecule is CCN1CCC[C@@H]1CCNc1ccccc1S(=O)(=O)Nc1ccc2c(c1C(=O)O)OC[C@@H]1C[C@H]21. The van der Waals surface area contributed by atoms with E-state index in [4.69, 9.17) is 4.74 Å². The number of carbonyl (C=O) groups is 1. The Morgan fingerprint density at radius 2 is 2.03 bits per heavy atom. The molecule has 1 saturated heterocycles. The van der Waals surface area contributed by atoms with Gasteiger partial charge < -0.3 is 20.1 Å². The summed E-state index contributed by atoms with van der Waals surface area (Å²) in [7, 11) is -4.04. The van der Waals surface area contributed by atoms with Crippen molar-refractivity contribution in [2.45, 2.75) is 49.5 Å². The first-order valence-electron chi connectivity index (χ1n) is 12.0. The topological polar surface area (TPSA) is 108 Å². The molecule has 0 amide bonds. The smallest absolute Gasteiger partial charge is 0.341 e. The van der Waals surface area contributed by atoms with E-state index in [0.717, 1.165) is 37.9 Å². The Bertz CT molecular complexity index is 1200. The predicted molar refractivity (Wildman–Crippen MR) is 130 cm³/mol. The number of benzene rings is 2. The zero-order chi connectivity index (χ0) is 23.9. The van der Waals surface area contributed by atoms with Crippen molar-refractivity contribution < 1.29 is 23.1 Å². The fourth-order valence-corrected chi connectivity index (χ4v) is 6.66. The average Bonchev–Trinajstić information content (AvgIpc) is 3.48. The first-order valence-corrected chi connectivity index (χ1v) is 13.5. The minimum absolute atomic E-state index is 0.0182. The van der Waals surface area contributed by atoms with Gasteiger partial charge in [-0.2, -0.15) is 0 Å². The number of sulfonamides is 1. The van der Waals surface area contributed by atoms with E-state index in [1.807, 2.05) is 0 Å². The number of hydrogen-bond acceptors (Lipinski definition) is 6. The van der Waals surface area contributed by atoms with Gasteiger partial charge in [0.05, 0.1) is 18.0 Å². The predicted octanol–water partition coefficient (Wildman–Crippen LogP) is 3.97. The molecule has 2 aliphatic heterocycles. The standard InChI is InChI=1S/C25H31N3O5S/c1-2-28-13-5-6-17(28)11-12-26-20-7-3-4-8-22(20)34(31,32)27-21-10-9-18-19-14-16(19)15-33-24(18)23(21)25(29)30/h3-4,7-10,16-17,19,26-27H,2,5-6,11-15H2,1H3,(H,29,30)/t16-,17+,19-/m0/s1. The number of ether oxygens (including phenoxy) is 1. The molecule has 2 fully saturated rings. The van der Waals surface area contributed by atoms with Crippen molar-refractivity contribution >= 4 is 27.4 Å². The van der Waals surface area contributed by atoms with Crippen molar-refractivity contribution in [3.05, 3.63) is 47.5 Å². The van der Waals surface area contributed by atoms with Crippen LogP contribution in [0.1, 0.15) is 54.4 Å². The van der Waals surface area contributed by atoms with Gasteiger partial charge in [-0.15, -0.1) is 0 Å². The van der Waals surface area contributed by atoms with E-state index in [0.29, 0.717) is 36.7 Å². The molecule has 3 N–H and O–H groups in total. The third-order valence-corrected chi connectivity index (χ3v) is 8.71. The van der Waals surface area contributed by atoms with E-state index in [-0.39, 0.29) is 21.9 Å². The van der Waals surface area contributed by atoms with Crippen LogP contribution in [-0.4, -0.2) is 56.7 Å². The van der Waals surface area contributed by atoms with Crippen molar-refractivity contribution in [2.24, 2.45) is 5.92 Å². The van der Waals surface area contributed by atoms with Crippen molar-refractivity contribution in [3.8, 4) is 5.75 Å². The third kappa shape index (κ3) is 4.34. The maximum atomic E-state index is 13.4. The molecule has 0 radical (unpaired) electrons. The van der Waals surface area contributed by atoms with Crippen molar-refractivity contribution in [2.75, 3.05) is 36.3 Å². The summed E-state index contributed by atoms with van der Waals surface area (Å²) < 4.78 is 35.0. The number of carboxylic acids is 1. The molecular weight excluding hydrogens is 454 g/mol. The molecular formula is C25H31N3O5S. The lowest BCUT2D eigenvalue weighted by molar-refractivity contribution is 0.0692. The Labute approximate surface area is 200 Å². The summed E-state index contributed by atoms with van der Waals surface area (Å²) in [4.78, 5) is 14.6. The van der Waals surface area contributed by atoms with Gasteiger partial charge in [-0.05, 0) is 68.5 Å². The van der Waals surface area contributed by atoms with E-state index in [1.54, 1.807) is 30.3 Å². The molecule has 0 spiro atoms. The highest BCUT2D eigenvalue weighted by molar-refractivity contribution is 7.92. The Hall–Kier alpha value is -2.78. The van der Waals surface area contributed by atoms with E-state index < -0.39 is 16.0 Å². The van der Waals surface area contributed by atoms with Gasteiger partial charge in [0.1, 0.15) is 16.2 Å². The number of carboxylic acid groups (broad SMARTS) is 1. The van der Waals surface area contributed by atoms with Gasteiger partial charge in [0, 0.05) is 18.5 Å². The molecule has 9 heteroatoms. The first-order chi connectivity index (χ1) is 16.4. The van der Waals surface area contributed by atoms with E-state index in [1.165, 1.54) is 12.5 Å². The van der Waals surface area contributed by atoms with Crippen LogP contribution >= 0.6 is 0 Å². The fourth-order valence-electron chi connectivity index (χ4n) is 5.41. The molecule has 2 heterocycles. The number of para-hydroxylation sites is 1. The van der Waals surface area contributed by atoms with Gasteiger partial charge in [-0.1, -0.05) is 25.1 Å². The maximum absolute atomic E-state index is 13.4. The van der Waals surface area contributed by atoms with Crippen molar-refractivity contribution in [1.29, 1.82) is 0 Å². The molecule has 5 rings (SSSR count). The van der Waals surface area contributed by atoms with Gasteiger partial charge in [0.15, 0.2) is 0 Å². The van der Waals surface area contributed by atoms with Gasteiger partial charge in [0.25, 0.3) is 10.0 Å². The molecule has 1 aliphatic carbocycles. The normalized spacial score (nSPS) is 23.5. The second kappa shape index (κ2) is 9.11. The largest absolute Gasteiger partial charge is 0.492 e. The second-order valence-electron chi connectivity index (χ2n) is 9.37. The lowest BCUT2D eigenvalue weighted by atomic mass is 10.0. The van der Waals surface area contributed by atoms with Crippen LogP contribution < -0.4 is 14.8 Å². The Kier molecular flexibility index (Phi) is 6.16. The highest BCUT2D eigenvalue weighted by Gasteiger charge is 2.45. The van der Waals surface area contributed by atoms with Gasteiger partial charge in [0.2, 0.25) is 0 Å². The van der Waals surface area contributed by atoms with Crippen molar-refractivity contribution in [3.63, 3.8) is 0 Å². The summed E-state index contributed by atoms with van der Waals surface area (Å²) in [6.45, 7) is 5.44. The highest BCUT2D eigenvalue weighted by Crippen LogP contribution is 2.55. The van der Waals surface area contributed by atoms with Crippen LogP contribution in [0.4, 0.5) is 11.4 Å². The number of nitrogens with zero attached hydrogens (tertiary/aromatic N) is 1. The lowest BCUT2D eigenvalue weighted by Gasteiger charge is -2.23. The highest BCUT2D eigenvalue weighted by atomic mass is 32.2. The molecule has 1 saturated carbocycles. The third-order valence-electron chi connectivity index (χ3n) is 7.28. The molecule has 182 valence electrons. The van der Waals surface area contributed by atoms with Crippen LogP contribution in [0, 0.1) is 5.92 Å². The Morgan fingerprint density at radius 3 is 2.82 bits per heavy atom. The summed E-state index contributed by atoms with van der Waals surface area (Å²) in [6.07, 6.45) is 4.28. The number of aromatic carboxylic acids is 1. The van der Waals surface area contributed by atoms with E-state index >= 15 is 0 Å². The van der Waals surface area contributed by atoms with Crippen LogP contribution in [-0.2, 0) is 10.0 Å². The number of anilines is 2. The number of likely N-dealkylation sites (tertiary alicyclic amines) is 1. The molecule has 8 nitrogen and oxygen atoms in total. The quantitative estimate of drug-likeness (QED) is 0.493. The molecule has 2 aromatic rings. The second-order valence-corrected chi connectivity index (χ2v) is 11.0. The first kappa shape index (κ1) is 23.0. The van der Waals surface area contributed by atoms with Gasteiger partial charge in [-0.3, -0.25) is 4.72 Å². The zero-order valence-electron chi connectivity index (χ0n) is 19.3. The van der Waals surface area contributed by atoms with Crippen LogP contribution in [0.25, 0.3) is 0 Å². The number of rotatable bonds is 9. The number of hydrogen-bond donors (Lipinski definition) is 3. The fraction of sp³-hybridized carbons (Fsp3) is 0.480. The lowest BCUT2D eigenvalue weighted by Crippen LogP contribution is -2.30. The summed E-state index contributed by atoms with van der Waals surface area (Å²) in [5.74, 6) is -0.184. The van der Waals surface area contributed by atoms with Crippen LogP contribution in [0.3, 0.4) is 0 Å². The summed E-state index contributed by atoms with van der Waals surface area (Å²) in [5.41, 5.74) is 1.25. The average molecular weight is 486 g/mol. The van der Waals surface area contributed by atoms with Crippen molar-refractivity contribution in [1.82, 2.24) is 4.90 Å². The summed E-state index contributed by atoms with van der Waals surface area (Å²) >= 11 is 0. The Balaban J connectivity index is 1.36. The van der Waals surface area contributed by atoms with Crippen LogP contribution in [0.2, 0.25) is 0 Å². The Morgan fingerprint density at radius 1 is 1.21 bits per heavy atom. The summed E-state index contributed by atoms with van der Waals surface area (Å²) in [6, 6.07) is 10.6. The van der Waals surface area contributed by atoms with E-state index in [9.17, 15) is 18.3 Å². The van der Waals surface area contributed by atoms with Crippen LogP contribution in [0.5, 0.6) is 5.75 Å². The minimum atomic E-state index is -4.04. The monoisotopic (exact) mass is 485 g/mol. The molecule has 2 aromatic carbocycles.